The van der Waals surface area contributed by atoms with E-state index in [-0.39, 0.29) is 5.78 Å². The molecule has 0 atom stereocenters. The first-order chi connectivity index (χ1) is 6.66. The fourth-order valence-corrected chi connectivity index (χ4v) is 3.11. The Morgan fingerprint density at radius 2 is 2.21 bits per heavy atom. The van der Waals surface area contributed by atoms with E-state index in [1.807, 2.05) is 12.1 Å². The van der Waals surface area contributed by atoms with Gasteiger partial charge in [0.1, 0.15) is 0 Å². The summed E-state index contributed by atoms with van der Waals surface area (Å²) in [5.41, 5.74) is 0. The van der Waals surface area contributed by atoms with Gasteiger partial charge < -0.3 is 0 Å². The van der Waals surface area contributed by atoms with Gasteiger partial charge in [0.2, 0.25) is 0 Å². The molecule has 74 valence electrons. The molecule has 4 heteroatoms. The van der Waals surface area contributed by atoms with Crippen LogP contribution < -0.4 is 0 Å². The minimum absolute atomic E-state index is 0.269. The average Bonchev–Trinajstić information content (AvgIpc) is 2.92. The molecule has 0 bridgehead atoms. The van der Waals surface area contributed by atoms with Crippen molar-refractivity contribution in [2.75, 3.05) is 0 Å². The van der Waals surface area contributed by atoms with Gasteiger partial charge in [-0.25, -0.2) is 0 Å². The summed E-state index contributed by atoms with van der Waals surface area (Å²) in [5, 5.41) is 0. The molecule has 0 spiro atoms. The fourth-order valence-electron chi connectivity index (χ4n) is 1.11. The molecular formula is C10H8Br2OS. The van der Waals surface area contributed by atoms with Gasteiger partial charge in [-0.15, -0.1) is 11.3 Å². The molecule has 1 aromatic rings. The summed E-state index contributed by atoms with van der Waals surface area (Å²) in [5.74, 6) is 0.587. The van der Waals surface area contributed by atoms with Crippen molar-refractivity contribution in [3.63, 3.8) is 0 Å². The monoisotopic (exact) mass is 334 g/mol. The molecular weight excluding hydrogens is 328 g/mol. The number of rotatable bonds is 3. The Balaban J connectivity index is 2.05. The third kappa shape index (κ3) is 2.55. The van der Waals surface area contributed by atoms with Gasteiger partial charge in [-0.05, 0) is 62.9 Å². The van der Waals surface area contributed by atoms with Gasteiger partial charge >= 0.3 is 0 Å². The number of carbonyl (C=O) groups excluding carboxylic acids is 1. The molecule has 0 radical (unpaired) electrons. The van der Waals surface area contributed by atoms with E-state index in [0.717, 1.165) is 26.0 Å². The molecule has 14 heavy (non-hydrogen) atoms. The van der Waals surface area contributed by atoms with Gasteiger partial charge in [0.05, 0.1) is 3.79 Å². The predicted molar refractivity (Wildman–Crippen MR) is 66.5 cm³/mol. The van der Waals surface area contributed by atoms with Crippen molar-refractivity contribution >= 4 is 55.1 Å². The van der Waals surface area contributed by atoms with Gasteiger partial charge in [-0.2, -0.15) is 0 Å². The Morgan fingerprint density at radius 1 is 1.50 bits per heavy atom. The zero-order valence-electron chi connectivity index (χ0n) is 7.30. The minimum Gasteiger partial charge on any atom is -0.295 e. The Labute approximate surface area is 103 Å². The SMILES string of the molecule is O=C(/C=C/c1cc(Br)c(Br)s1)C1CC1. The lowest BCUT2D eigenvalue weighted by atomic mass is 10.2. The number of hydrogen-bond acceptors (Lipinski definition) is 2. The molecule has 1 aliphatic rings. The van der Waals surface area contributed by atoms with E-state index in [1.165, 1.54) is 0 Å². The summed E-state index contributed by atoms with van der Waals surface area (Å²) in [6, 6.07) is 2.01. The second kappa shape index (κ2) is 4.29. The number of hydrogen-bond donors (Lipinski definition) is 0. The van der Waals surface area contributed by atoms with Gasteiger partial charge in [-0.1, -0.05) is 0 Å². The predicted octanol–water partition coefficient (Wildman–Crippen LogP) is 4.27. The Morgan fingerprint density at radius 3 is 2.71 bits per heavy atom. The third-order valence-corrected chi connectivity index (χ3v) is 5.28. The summed E-state index contributed by atoms with van der Waals surface area (Å²) in [7, 11) is 0. The molecule has 1 nitrogen and oxygen atoms in total. The molecule has 1 heterocycles. The summed E-state index contributed by atoms with van der Waals surface area (Å²) >= 11 is 8.45. The lowest BCUT2D eigenvalue weighted by molar-refractivity contribution is -0.115. The molecule has 1 saturated carbocycles. The van der Waals surface area contributed by atoms with Gasteiger partial charge in [0.15, 0.2) is 5.78 Å². The van der Waals surface area contributed by atoms with Crippen molar-refractivity contribution in [1.29, 1.82) is 0 Å². The number of halogens is 2. The van der Waals surface area contributed by atoms with Crippen LogP contribution in [0.4, 0.5) is 0 Å². The Hall–Kier alpha value is 0.0700. The number of carbonyl (C=O) groups is 1. The molecule has 0 amide bonds. The van der Waals surface area contributed by atoms with E-state index in [9.17, 15) is 4.79 Å². The lowest BCUT2D eigenvalue weighted by Crippen LogP contribution is -1.92. The first-order valence-electron chi connectivity index (χ1n) is 4.33. The second-order valence-electron chi connectivity index (χ2n) is 3.28. The van der Waals surface area contributed by atoms with Crippen molar-refractivity contribution in [3.8, 4) is 0 Å². The summed E-state index contributed by atoms with van der Waals surface area (Å²) < 4.78 is 2.11. The number of ketones is 1. The van der Waals surface area contributed by atoms with Crippen LogP contribution in [0.15, 0.2) is 20.4 Å². The van der Waals surface area contributed by atoms with Crippen LogP contribution in [0.2, 0.25) is 0 Å². The smallest absolute Gasteiger partial charge is 0.158 e. The van der Waals surface area contributed by atoms with Crippen LogP contribution in [-0.2, 0) is 4.79 Å². The summed E-state index contributed by atoms with van der Waals surface area (Å²) in [4.78, 5) is 12.5. The van der Waals surface area contributed by atoms with E-state index >= 15 is 0 Å². The highest BCUT2D eigenvalue weighted by Gasteiger charge is 2.27. The van der Waals surface area contributed by atoms with Crippen LogP contribution in [0, 0.1) is 5.92 Å². The van der Waals surface area contributed by atoms with E-state index in [2.05, 4.69) is 31.9 Å². The van der Waals surface area contributed by atoms with E-state index < -0.39 is 0 Å². The van der Waals surface area contributed by atoms with Crippen molar-refractivity contribution < 1.29 is 4.79 Å². The van der Waals surface area contributed by atoms with E-state index in [4.69, 9.17) is 0 Å². The summed E-state index contributed by atoms with van der Waals surface area (Å²) in [6.07, 6.45) is 5.73. The van der Waals surface area contributed by atoms with Crippen LogP contribution in [0.1, 0.15) is 17.7 Å². The number of thiophene rings is 1. The van der Waals surface area contributed by atoms with Gasteiger partial charge in [0, 0.05) is 15.3 Å². The highest BCUT2D eigenvalue weighted by molar-refractivity contribution is 9.13. The van der Waals surface area contributed by atoms with Crippen LogP contribution in [0.25, 0.3) is 6.08 Å². The van der Waals surface area contributed by atoms with Crippen LogP contribution in [0.3, 0.4) is 0 Å². The molecule has 1 fully saturated rings. The quantitative estimate of drug-likeness (QED) is 0.754. The highest BCUT2D eigenvalue weighted by Crippen LogP contribution is 2.34. The summed E-state index contributed by atoms with van der Waals surface area (Å²) in [6.45, 7) is 0. The minimum atomic E-state index is 0.269. The molecule has 2 rings (SSSR count). The van der Waals surface area contributed by atoms with Gasteiger partial charge in [-0.3, -0.25) is 4.79 Å². The zero-order valence-corrected chi connectivity index (χ0v) is 11.3. The van der Waals surface area contributed by atoms with Crippen molar-refractivity contribution in [2.24, 2.45) is 5.92 Å². The fraction of sp³-hybridized carbons (Fsp3) is 0.300. The maximum atomic E-state index is 11.4. The maximum Gasteiger partial charge on any atom is 0.158 e. The first kappa shape index (κ1) is 10.6. The Kier molecular flexibility index (Phi) is 3.24. The van der Waals surface area contributed by atoms with Crippen molar-refractivity contribution in [1.82, 2.24) is 0 Å². The Bertz CT molecular complexity index is 371. The molecule has 0 aromatic carbocycles. The van der Waals surface area contributed by atoms with Crippen molar-refractivity contribution in [3.05, 3.63) is 25.3 Å². The second-order valence-corrected chi connectivity index (χ2v) is 6.54. The molecule has 0 unspecified atom stereocenters. The normalized spacial score (nSPS) is 16.4. The average molecular weight is 336 g/mol. The van der Waals surface area contributed by atoms with Gasteiger partial charge in [0.25, 0.3) is 0 Å². The molecule has 0 aliphatic heterocycles. The zero-order chi connectivity index (χ0) is 10.1. The van der Waals surface area contributed by atoms with E-state index in [0.29, 0.717) is 5.92 Å². The van der Waals surface area contributed by atoms with Crippen LogP contribution >= 0.6 is 43.2 Å². The van der Waals surface area contributed by atoms with E-state index in [1.54, 1.807) is 17.4 Å². The standard InChI is InChI=1S/C10H8Br2OS/c11-8-5-7(14-10(8)12)3-4-9(13)6-1-2-6/h3-6H,1-2H2/b4-3+. The molecule has 0 saturated heterocycles. The number of allylic oxidation sites excluding steroid dienone is 1. The molecule has 0 N–H and O–H groups in total. The third-order valence-electron chi connectivity index (χ3n) is 2.06. The molecule has 1 aromatic heterocycles. The van der Waals surface area contributed by atoms with Crippen LogP contribution in [0.5, 0.6) is 0 Å². The topological polar surface area (TPSA) is 17.1 Å². The largest absolute Gasteiger partial charge is 0.295 e. The highest BCUT2D eigenvalue weighted by atomic mass is 79.9. The van der Waals surface area contributed by atoms with Crippen molar-refractivity contribution in [2.45, 2.75) is 12.8 Å². The molecule has 1 aliphatic carbocycles. The lowest BCUT2D eigenvalue weighted by Gasteiger charge is -1.85. The van der Waals surface area contributed by atoms with Crippen LogP contribution in [-0.4, -0.2) is 5.78 Å². The first-order valence-corrected chi connectivity index (χ1v) is 6.74. The maximum absolute atomic E-state index is 11.4.